The van der Waals surface area contributed by atoms with Crippen LogP contribution in [0.25, 0.3) is 0 Å². The molecule has 0 bridgehead atoms. The van der Waals surface area contributed by atoms with Gasteiger partial charge in [-0.2, -0.15) is 0 Å². The van der Waals surface area contributed by atoms with E-state index in [0.29, 0.717) is 12.3 Å². The van der Waals surface area contributed by atoms with Crippen LogP contribution in [0.1, 0.15) is 16.7 Å². The van der Waals surface area contributed by atoms with Crippen LogP contribution in [-0.2, 0) is 6.54 Å². The second-order valence-corrected chi connectivity index (χ2v) is 5.87. The van der Waals surface area contributed by atoms with E-state index in [2.05, 4.69) is 5.32 Å². The predicted octanol–water partition coefficient (Wildman–Crippen LogP) is 4.34. The van der Waals surface area contributed by atoms with E-state index < -0.39 is 0 Å². The number of benzene rings is 2. The fraction of sp³-hybridized carbons (Fsp3) is 0.294. The first kappa shape index (κ1) is 15.5. The molecule has 2 rings (SSSR count). The van der Waals surface area contributed by atoms with Crippen LogP contribution in [0.3, 0.4) is 0 Å². The van der Waals surface area contributed by atoms with Gasteiger partial charge in [-0.25, -0.2) is 0 Å². The van der Waals surface area contributed by atoms with E-state index in [1.807, 2.05) is 63.2 Å². The summed E-state index contributed by atoms with van der Waals surface area (Å²) in [4.78, 5) is 2.00. The lowest BCUT2D eigenvalue weighted by molar-refractivity contribution is 0.466. The van der Waals surface area contributed by atoms with Crippen LogP contribution in [0.5, 0.6) is 5.75 Å². The molecule has 0 spiro atoms. The van der Waals surface area contributed by atoms with Crippen molar-refractivity contribution >= 4 is 23.0 Å². The van der Waals surface area contributed by atoms with Gasteiger partial charge >= 0.3 is 0 Å². The average Bonchev–Trinajstić information content (AvgIpc) is 2.41. The third kappa shape index (κ3) is 3.42. The molecule has 0 saturated carbocycles. The number of nitrogens with zero attached hydrogens (tertiary/aromatic N) is 1. The van der Waals surface area contributed by atoms with Gasteiger partial charge in [-0.1, -0.05) is 29.8 Å². The lowest BCUT2D eigenvalue weighted by atomic mass is 10.1. The van der Waals surface area contributed by atoms with Crippen LogP contribution in [0, 0.1) is 13.8 Å². The van der Waals surface area contributed by atoms with E-state index in [9.17, 15) is 5.11 Å². The summed E-state index contributed by atoms with van der Waals surface area (Å²) < 4.78 is 0. The maximum atomic E-state index is 9.82. The monoisotopic (exact) mass is 304 g/mol. The number of hydrogen-bond acceptors (Lipinski definition) is 3. The Morgan fingerprint density at radius 3 is 2.33 bits per heavy atom. The first-order valence-electron chi connectivity index (χ1n) is 6.89. The molecule has 0 fully saturated rings. The van der Waals surface area contributed by atoms with Crippen molar-refractivity contribution in [3.05, 3.63) is 52.0 Å². The minimum absolute atomic E-state index is 0.371. The number of aryl methyl sites for hydroxylation is 2. The third-order valence-electron chi connectivity index (χ3n) is 3.47. The Balaban J connectivity index is 2.23. The van der Waals surface area contributed by atoms with Gasteiger partial charge in [0, 0.05) is 20.6 Å². The topological polar surface area (TPSA) is 35.5 Å². The highest BCUT2D eigenvalue weighted by atomic mass is 35.5. The standard InChI is InChI=1S/C17H21ClN2O/c1-11-8-13(9-12(2)17(11)21)10-19-15-7-5-6-14(18)16(15)20(3)4/h5-9,19,21H,10H2,1-4H3. The van der Waals surface area contributed by atoms with Gasteiger partial charge in [0.25, 0.3) is 0 Å². The van der Waals surface area contributed by atoms with Crippen molar-refractivity contribution < 1.29 is 5.11 Å². The Hall–Kier alpha value is -1.87. The summed E-state index contributed by atoms with van der Waals surface area (Å²) in [5, 5.41) is 14.0. The van der Waals surface area contributed by atoms with Gasteiger partial charge in [0.05, 0.1) is 16.4 Å². The normalized spacial score (nSPS) is 10.5. The summed E-state index contributed by atoms with van der Waals surface area (Å²) in [6.07, 6.45) is 0. The van der Waals surface area contributed by atoms with Gasteiger partial charge in [0.15, 0.2) is 0 Å². The Morgan fingerprint density at radius 2 is 1.76 bits per heavy atom. The molecule has 0 atom stereocenters. The van der Waals surface area contributed by atoms with Crippen molar-refractivity contribution in [2.24, 2.45) is 0 Å². The van der Waals surface area contributed by atoms with Crippen LogP contribution in [0.15, 0.2) is 30.3 Å². The number of nitrogens with one attached hydrogen (secondary N) is 1. The summed E-state index contributed by atoms with van der Waals surface area (Å²) in [6.45, 7) is 4.51. The third-order valence-corrected chi connectivity index (χ3v) is 3.77. The fourth-order valence-corrected chi connectivity index (χ4v) is 2.80. The van der Waals surface area contributed by atoms with Crippen LogP contribution < -0.4 is 10.2 Å². The second kappa shape index (κ2) is 6.27. The van der Waals surface area contributed by atoms with E-state index in [1.54, 1.807) is 0 Å². The summed E-state index contributed by atoms with van der Waals surface area (Å²) >= 11 is 6.26. The zero-order valence-electron chi connectivity index (χ0n) is 12.9. The maximum absolute atomic E-state index is 9.82. The van der Waals surface area contributed by atoms with Gasteiger partial charge in [-0.3, -0.25) is 0 Å². The van der Waals surface area contributed by atoms with E-state index in [1.165, 1.54) is 0 Å². The number of rotatable bonds is 4. The summed E-state index contributed by atoms with van der Waals surface area (Å²) in [6, 6.07) is 9.83. The Bertz CT molecular complexity index is 630. The number of phenols is 1. The van der Waals surface area contributed by atoms with E-state index in [-0.39, 0.29) is 0 Å². The molecule has 3 nitrogen and oxygen atoms in total. The molecule has 0 aliphatic rings. The number of hydrogen-bond donors (Lipinski definition) is 2. The zero-order chi connectivity index (χ0) is 15.6. The first-order valence-corrected chi connectivity index (χ1v) is 7.26. The van der Waals surface area contributed by atoms with Gasteiger partial charge < -0.3 is 15.3 Å². The quantitative estimate of drug-likeness (QED) is 0.882. The molecule has 21 heavy (non-hydrogen) atoms. The molecule has 0 radical (unpaired) electrons. The van der Waals surface area contributed by atoms with E-state index in [0.717, 1.165) is 33.1 Å². The minimum Gasteiger partial charge on any atom is -0.507 e. The van der Waals surface area contributed by atoms with Crippen LogP contribution in [0.2, 0.25) is 5.02 Å². The van der Waals surface area contributed by atoms with Gasteiger partial charge in [-0.05, 0) is 42.7 Å². The molecule has 2 aromatic rings. The summed E-state index contributed by atoms with van der Waals surface area (Å²) in [5.74, 6) is 0.371. The number of anilines is 2. The van der Waals surface area contributed by atoms with Crippen molar-refractivity contribution in [3.8, 4) is 5.75 Å². The molecule has 0 heterocycles. The van der Waals surface area contributed by atoms with Crippen molar-refractivity contribution in [3.63, 3.8) is 0 Å². The van der Waals surface area contributed by atoms with Gasteiger partial charge in [-0.15, -0.1) is 0 Å². The van der Waals surface area contributed by atoms with Crippen molar-refractivity contribution in [1.29, 1.82) is 0 Å². The molecule has 0 unspecified atom stereocenters. The molecule has 4 heteroatoms. The Morgan fingerprint density at radius 1 is 1.14 bits per heavy atom. The molecule has 0 aliphatic heterocycles. The highest BCUT2D eigenvalue weighted by molar-refractivity contribution is 6.34. The molecule has 2 N–H and O–H groups in total. The van der Waals surface area contributed by atoms with Crippen LogP contribution >= 0.6 is 11.6 Å². The second-order valence-electron chi connectivity index (χ2n) is 5.46. The Kier molecular flexibility index (Phi) is 4.63. The largest absolute Gasteiger partial charge is 0.507 e. The van der Waals surface area contributed by atoms with Crippen molar-refractivity contribution in [2.75, 3.05) is 24.3 Å². The SMILES string of the molecule is Cc1cc(CNc2cccc(Cl)c2N(C)C)cc(C)c1O. The Labute approximate surface area is 131 Å². The van der Waals surface area contributed by atoms with E-state index in [4.69, 9.17) is 11.6 Å². The molecule has 0 amide bonds. The number of aromatic hydroxyl groups is 1. The minimum atomic E-state index is 0.371. The lowest BCUT2D eigenvalue weighted by Gasteiger charge is -2.20. The number of para-hydroxylation sites is 1. The molecule has 2 aromatic carbocycles. The zero-order valence-corrected chi connectivity index (χ0v) is 13.6. The number of phenolic OH excluding ortho intramolecular Hbond substituents is 1. The molecule has 112 valence electrons. The molecular weight excluding hydrogens is 284 g/mol. The smallest absolute Gasteiger partial charge is 0.121 e. The highest BCUT2D eigenvalue weighted by Crippen LogP contribution is 2.33. The van der Waals surface area contributed by atoms with E-state index >= 15 is 0 Å². The van der Waals surface area contributed by atoms with Crippen molar-refractivity contribution in [2.45, 2.75) is 20.4 Å². The maximum Gasteiger partial charge on any atom is 0.121 e. The fourth-order valence-electron chi connectivity index (χ4n) is 2.46. The molecule has 0 saturated heterocycles. The van der Waals surface area contributed by atoms with Gasteiger partial charge in [0.2, 0.25) is 0 Å². The molecule has 0 aliphatic carbocycles. The first-order chi connectivity index (χ1) is 9.90. The predicted molar refractivity (Wildman–Crippen MR) is 90.7 cm³/mol. The number of halogens is 1. The highest BCUT2D eigenvalue weighted by Gasteiger charge is 2.09. The molecule has 0 aromatic heterocycles. The van der Waals surface area contributed by atoms with Gasteiger partial charge in [0.1, 0.15) is 5.75 Å². The molecular formula is C17H21ClN2O. The van der Waals surface area contributed by atoms with Crippen LogP contribution in [0.4, 0.5) is 11.4 Å². The van der Waals surface area contributed by atoms with Crippen molar-refractivity contribution in [1.82, 2.24) is 0 Å². The average molecular weight is 305 g/mol. The van der Waals surface area contributed by atoms with Crippen LogP contribution in [-0.4, -0.2) is 19.2 Å². The lowest BCUT2D eigenvalue weighted by Crippen LogP contribution is -2.13. The summed E-state index contributed by atoms with van der Waals surface area (Å²) in [5.41, 5.74) is 4.89. The summed E-state index contributed by atoms with van der Waals surface area (Å²) in [7, 11) is 3.95.